The van der Waals surface area contributed by atoms with E-state index in [-0.39, 0.29) is 10.5 Å². The Morgan fingerprint density at radius 1 is 1.35 bits per heavy atom. The van der Waals surface area contributed by atoms with Crippen LogP contribution in [0.1, 0.15) is 20.8 Å². The average Bonchev–Trinajstić information content (AvgIpc) is 2.14. The number of benzene rings is 1. The van der Waals surface area contributed by atoms with E-state index in [1.54, 1.807) is 12.1 Å². The van der Waals surface area contributed by atoms with Crippen LogP contribution in [0, 0.1) is 0 Å². The molecular formula is C10H15O4PS2. The number of hydrogen-bond acceptors (Lipinski definition) is 3. The fourth-order valence-electron chi connectivity index (χ4n) is 1.11. The molecule has 7 heteroatoms. The maximum absolute atomic E-state index is 12.0. The van der Waals surface area contributed by atoms with Gasteiger partial charge in [0.15, 0.2) is 4.90 Å². The van der Waals surface area contributed by atoms with Gasteiger partial charge in [0.2, 0.25) is 0 Å². The maximum Gasteiger partial charge on any atom is 0.434 e. The van der Waals surface area contributed by atoms with Gasteiger partial charge in [-0.05, 0) is 68.5 Å². The van der Waals surface area contributed by atoms with Gasteiger partial charge in [-0.15, -0.1) is 0 Å². The zero-order valence-corrected chi connectivity index (χ0v) is 12.4. The van der Waals surface area contributed by atoms with Gasteiger partial charge in [0.1, 0.15) is 10.5 Å². The van der Waals surface area contributed by atoms with Gasteiger partial charge in [-0.1, -0.05) is 0 Å². The molecule has 0 spiro atoms. The SMILES string of the molecule is CC(C)(C)[S+]([O-])c1ccc(OP(=O)(O)S)cc1. The molecule has 1 aromatic carbocycles. The normalized spacial score (nSPS) is 17.3. The average molecular weight is 294 g/mol. The molecule has 1 rings (SSSR count). The van der Waals surface area contributed by atoms with Gasteiger partial charge in [-0.3, -0.25) is 0 Å². The highest BCUT2D eigenvalue weighted by Gasteiger charge is 2.28. The molecular weight excluding hydrogens is 279 g/mol. The Hall–Kier alpha value is -0.130. The summed E-state index contributed by atoms with van der Waals surface area (Å²) in [7, 11) is 0. The van der Waals surface area contributed by atoms with Gasteiger partial charge in [0, 0.05) is 0 Å². The standard InChI is InChI=1S/C10H15O4PS2/c1-10(2,3)17(13)9-6-4-8(5-7-9)14-15(11,12)16/h4-7H,1-3H3,(H2,11,12,16). The van der Waals surface area contributed by atoms with Gasteiger partial charge in [0.05, 0.1) is 0 Å². The first kappa shape index (κ1) is 14.9. The summed E-state index contributed by atoms with van der Waals surface area (Å²) in [6, 6.07) is 6.22. The lowest BCUT2D eigenvalue weighted by molar-refractivity contribution is 0.403. The number of hydrogen-bond donors (Lipinski definition) is 2. The van der Waals surface area contributed by atoms with Crippen LogP contribution in [0.3, 0.4) is 0 Å². The molecule has 96 valence electrons. The third kappa shape index (κ3) is 4.94. The summed E-state index contributed by atoms with van der Waals surface area (Å²) in [5.41, 5.74) is 0. The van der Waals surface area contributed by atoms with Crippen LogP contribution in [-0.4, -0.2) is 14.2 Å². The first-order valence-electron chi connectivity index (χ1n) is 4.87. The first-order valence-corrected chi connectivity index (χ1v) is 8.75. The Labute approximate surface area is 109 Å². The van der Waals surface area contributed by atoms with Crippen molar-refractivity contribution in [2.24, 2.45) is 0 Å². The molecule has 0 aliphatic rings. The molecule has 1 N–H and O–H groups in total. The van der Waals surface area contributed by atoms with Crippen LogP contribution in [0.25, 0.3) is 0 Å². The Morgan fingerprint density at radius 2 is 1.82 bits per heavy atom. The summed E-state index contributed by atoms with van der Waals surface area (Å²) < 4.78 is 27.3. The summed E-state index contributed by atoms with van der Waals surface area (Å²) in [5, 5.41) is 0. The summed E-state index contributed by atoms with van der Waals surface area (Å²) in [5.74, 6) is 0.223. The highest BCUT2D eigenvalue weighted by Crippen LogP contribution is 2.47. The smallest absolute Gasteiger partial charge is 0.434 e. The Morgan fingerprint density at radius 3 is 2.18 bits per heavy atom. The quantitative estimate of drug-likeness (QED) is 0.511. The van der Waals surface area contributed by atoms with Crippen molar-refractivity contribution in [2.45, 2.75) is 30.4 Å². The van der Waals surface area contributed by atoms with Crippen molar-refractivity contribution >= 4 is 30.2 Å². The van der Waals surface area contributed by atoms with Crippen LogP contribution in [-0.2, 0) is 15.7 Å². The molecule has 2 atom stereocenters. The van der Waals surface area contributed by atoms with E-state index in [0.717, 1.165) is 0 Å². The third-order valence-electron chi connectivity index (χ3n) is 1.82. The van der Waals surface area contributed by atoms with E-state index in [1.807, 2.05) is 20.8 Å². The van der Waals surface area contributed by atoms with E-state index in [9.17, 15) is 9.12 Å². The monoisotopic (exact) mass is 294 g/mol. The lowest BCUT2D eigenvalue weighted by Gasteiger charge is -2.23. The number of thiol groups is 1. The van der Waals surface area contributed by atoms with Crippen molar-refractivity contribution in [1.82, 2.24) is 0 Å². The molecule has 0 saturated heterocycles. The van der Waals surface area contributed by atoms with Crippen molar-refractivity contribution in [1.29, 1.82) is 0 Å². The largest absolute Gasteiger partial charge is 0.611 e. The van der Waals surface area contributed by atoms with Crippen LogP contribution in [0.5, 0.6) is 5.75 Å². The van der Waals surface area contributed by atoms with Gasteiger partial charge in [0.25, 0.3) is 0 Å². The van der Waals surface area contributed by atoms with Crippen molar-refractivity contribution in [3.05, 3.63) is 24.3 Å². The maximum atomic E-state index is 12.0. The molecule has 0 fully saturated rings. The van der Waals surface area contributed by atoms with E-state index in [1.165, 1.54) is 12.1 Å². The molecule has 2 unspecified atom stereocenters. The summed E-state index contributed by atoms with van der Waals surface area (Å²) >= 11 is 2.27. The van der Waals surface area contributed by atoms with Crippen molar-refractivity contribution in [3.8, 4) is 5.75 Å². The Kier molecular flexibility index (Phi) is 4.60. The lowest BCUT2D eigenvalue weighted by Crippen LogP contribution is -2.27. The van der Waals surface area contributed by atoms with E-state index < -0.39 is 18.0 Å². The minimum absolute atomic E-state index is 0.223. The Bertz CT molecular complexity index is 421. The second kappa shape index (κ2) is 5.24. The van der Waals surface area contributed by atoms with Crippen molar-refractivity contribution < 1.29 is 18.5 Å². The molecule has 0 aliphatic heterocycles. The molecule has 0 aliphatic carbocycles. The lowest BCUT2D eigenvalue weighted by atomic mass is 10.3. The molecule has 0 heterocycles. The molecule has 0 aromatic heterocycles. The Balaban J connectivity index is 2.85. The molecule has 4 nitrogen and oxygen atoms in total. The van der Waals surface area contributed by atoms with E-state index in [4.69, 9.17) is 9.42 Å². The summed E-state index contributed by atoms with van der Waals surface area (Å²) in [6.45, 7) is 1.79. The second-order valence-electron chi connectivity index (χ2n) is 4.43. The third-order valence-corrected chi connectivity index (χ3v) is 4.32. The van der Waals surface area contributed by atoms with E-state index in [2.05, 4.69) is 12.2 Å². The fourth-order valence-corrected chi connectivity index (χ4v) is 2.88. The topological polar surface area (TPSA) is 69.6 Å². The summed E-state index contributed by atoms with van der Waals surface area (Å²) in [4.78, 5) is 9.57. The number of rotatable bonds is 3. The first-order chi connectivity index (χ1) is 7.59. The van der Waals surface area contributed by atoms with Crippen LogP contribution >= 0.6 is 19.0 Å². The highest BCUT2D eigenvalue weighted by atomic mass is 32.7. The van der Waals surface area contributed by atoms with E-state index >= 15 is 0 Å². The van der Waals surface area contributed by atoms with Gasteiger partial charge >= 0.3 is 6.80 Å². The van der Waals surface area contributed by atoms with Gasteiger partial charge in [-0.2, -0.15) is 0 Å². The zero-order valence-electron chi connectivity index (χ0n) is 9.78. The van der Waals surface area contributed by atoms with Gasteiger partial charge < -0.3 is 14.0 Å². The predicted molar refractivity (Wildman–Crippen MR) is 72.0 cm³/mol. The zero-order chi connectivity index (χ0) is 13.3. The van der Waals surface area contributed by atoms with Gasteiger partial charge in [-0.25, -0.2) is 4.57 Å². The molecule has 0 amide bonds. The van der Waals surface area contributed by atoms with Crippen molar-refractivity contribution in [2.75, 3.05) is 0 Å². The highest BCUT2D eigenvalue weighted by molar-refractivity contribution is 8.44. The fraction of sp³-hybridized carbons (Fsp3) is 0.400. The van der Waals surface area contributed by atoms with Crippen LogP contribution < -0.4 is 4.52 Å². The van der Waals surface area contributed by atoms with Crippen LogP contribution in [0.15, 0.2) is 29.2 Å². The molecule has 1 aromatic rings. The molecule has 0 bridgehead atoms. The second-order valence-corrected chi connectivity index (χ2v) is 9.35. The molecule has 0 saturated carbocycles. The van der Waals surface area contributed by atoms with Crippen molar-refractivity contribution in [3.63, 3.8) is 0 Å². The minimum atomic E-state index is -3.84. The van der Waals surface area contributed by atoms with Crippen LogP contribution in [0.4, 0.5) is 0 Å². The molecule has 0 radical (unpaired) electrons. The van der Waals surface area contributed by atoms with Crippen LogP contribution in [0.2, 0.25) is 0 Å². The van der Waals surface area contributed by atoms with E-state index in [0.29, 0.717) is 4.90 Å². The predicted octanol–water partition coefficient (Wildman–Crippen LogP) is 3.00. The summed E-state index contributed by atoms with van der Waals surface area (Å²) in [6.07, 6.45) is 0. The molecule has 17 heavy (non-hydrogen) atoms. The minimum Gasteiger partial charge on any atom is -0.611 e.